The van der Waals surface area contributed by atoms with Crippen LogP contribution in [-0.2, 0) is 4.79 Å². The monoisotopic (exact) mass is 829 g/mol. The van der Waals surface area contributed by atoms with Gasteiger partial charge in [0.2, 0.25) is 0 Å². The summed E-state index contributed by atoms with van der Waals surface area (Å²) in [7, 11) is 0. The number of aliphatic hydroxyl groups is 1. The fraction of sp³-hybridized carbons (Fsp3) is 0.982. The number of aliphatic carboxylic acids is 1. The highest BCUT2D eigenvalue weighted by Gasteiger charge is 2.35. The Bertz CT molecular complexity index is 886. The Morgan fingerprint density at radius 2 is 0.593 bits per heavy atom. The summed E-state index contributed by atoms with van der Waals surface area (Å²) in [6.45, 7) is 4.16. The minimum atomic E-state index is -0.856. The van der Waals surface area contributed by atoms with Crippen LogP contribution in [0.1, 0.15) is 316 Å². The maximum Gasteiger partial charge on any atom is 0.309 e. The Morgan fingerprint density at radius 1 is 0.373 bits per heavy atom. The van der Waals surface area contributed by atoms with Gasteiger partial charge in [0.15, 0.2) is 0 Å². The van der Waals surface area contributed by atoms with E-state index in [-0.39, 0.29) is 0 Å². The van der Waals surface area contributed by atoms with Gasteiger partial charge in [0.1, 0.15) is 0 Å². The van der Waals surface area contributed by atoms with Gasteiger partial charge >= 0.3 is 5.97 Å². The number of hydrogen-bond acceptors (Lipinski definition) is 2. The smallest absolute Gasteiger partial charge is 0.309 e. The molecule has 0 heterocycles. The van der Waals surface area contributed by atoms with E-state index < -0.39 is 18.0 Å². The Labute approximate surface area is 371 Å². The van der Waals surface area contributed by atoms with Crippen molar-refractivity contribution in [2.75, 3.05) is 0 Å². The van der Waals surface area contributed by atoms with Crippen molar-refractivity contribution in [2.24, 2.45) is 29.6 Å². The molecule has 0 saturated heterocycles. The summed E-state index contributed by atoms with van der Waals surface area (Å²) in [4.78, 5) is 11.2. The highest BCUT2D eigenvalue weighted by molar-refractivity contribution is 5.70. The summed E-state index contributed by atoms with van der Waals surface area (Å²) in [6, 6.07) is 0. The lowest BCUT2D eigenvalue weighted by molar-refractivity contribution is -0.146. The number of carboxylic acids is 1. The highest BCUT2D eigenvalue weighted by atomic mass is 16.4. The van der Waals surface area contributed by atoms with Crippen LogP contribution in [0.25, 0.3) is 0 Å². The molecule has 0 aromatic rings. The second kappa shape index (κ2) is 40.2. The number of unbranched alkanes of at least 4 members (excludes halogenated alkanes) is 36. The van der Waals surface area contributed by atoms with Crippen LogP contribution in [0.3, 0.4) is 0 Å². The van der Waals surface area contributed by atoms with Crippen molar-refractivity contribution >= 4 is 5.97 Å². The predicted octanol–water partition coefficient (Wildman–Crippen LogP) is 18.9. The third kappa shape index (κ3) is 33.6. The second-order valence-corrected chi connectivity index (χ2v) is 20.8. The largest absolute Gasteiger partial charge is 0.481 e. The van der Waals surface area contributed by atoms with Gasteiger partial charge in [-0.1, -0.05) is 290 Å². The quantitative estimate of drug-likeness (QED) is 0.0601. The molecule has 2 aliphatic rings. The van der Waals surface area contributed by atoms with Crippen LogP contribution in [0.5, 0.6) is 0 Å². The number of carbonyl (C=O) groups is 1. The normalized spacial score (nSPS) is 19.6. The van der Waals surface area contributed by atoms with Crippen LogP contribution in [-0.4, -0.2) is 22.3 Å². The molecule has 3 heteroatoms. The first-order chi connectivity index (χ1) is 29.1. The number of carboxylic acid groups (broad SMARTS) is 1. The number of rotatable bonds is 49. The fourth-order valence-electron chi connectivity index (χ4n) is 10.7. The molecular formula is C56H108O3. The molecule has 2 unspecified atom stereocenters. The van der Waals surface area contributed by atoms with Crippen LogP contribution >= 0.6 is 0 Å². The molecule has 0 radical (unpaired) electrons. The third-order valence-corrected chi connectivity index (χ3v) is 15.3. The van der Waals surface area contributed by atoms with Gasteiger partial charge in [-0.15, -0.1) is 0 Å². The zero-order chi connectivity index (χ0) is 42.3. The van der Waals surface area contributed by atoms with Gasteiger partial charge in [-0.2, -0.15) is 0 Å². The van der Waals surface area contributed by atoms with Crippen molar-refractivity contribution in [2.45, 2.75) is 322 Å². The van der Waals surface area contributed by atoms with Gasteiger partial charge in [-0.05, 0) is 49.4 Å². The lowest BCUT2D eigenvalue weighted by atomic mass is 9.95. The summed E-state index contributed by atoms with van der Waals surface area (Å²) in [5.41, 5.74) is 0. The van der Waals surface area contributed by atoms with E-state index in [1.807, 2.05) is 6.92 Å². The summed E-state index contributed by atoms with van der Waals surface area (Å²) in [5, 5.41) is 19.2. The van der Waals surface area contributed by atoms with Crippen molar-refractivity contribution in [1.82, 2.24) is 0 Å². The third-order valence-electron chi connectivity index (χ3n) is 15.3. The molecule has 2 saturated carbocycles. The molecule has 0 aromatic heterocycles. The van der Waals surface area contributed by atoms with Crippen LogP contribution in [0, 0.1) is 29.6 Å². The second-order valence-electron chi connectivity index (χ2n) is 20.8. The topological polar surface area (TPSA) is 57.5 Å². The van der Waals surface area contributed by atoms with E-state index in [4.69, 9.17) is 5.11 Å². The molecule has 0 aliphatic heterocycles. The van der Waals surface area contributed by atoms with Crippen molar-refractivity contribution in [3.05, 3.63) is 0 Å². The standard InChI is InChI=1S/C56H108O3/c1-3-5-6-7-8-9-10-11-12-13-14-15-16-19-23-28-33-38-43-50-48-51(50)44-39-34-29-24-20-17-18-21-25-30-35-40-45-52-49-53(52)46-41-36-31-26-22-27-32-37-42-47-55(57)54(4-2)56(58)59/h50-55,57H,3-49H2,1-2H3,(H,58,59)/t50?,51-,52?,53-,54-,55-/m1/s1. The molecule has 2 rings (SSSR count). The van der Waals surface area contributed by atoms with Gasteiger partial charge in [0, 0.05) is 0 Å². The zero-order valence-electron chi connectivity index (χ0n) is 40.5. The van der Waals surface area contributed by atoms with Gasteiger partial charge < -0.3 is 10.2 Å². The number of hydrogen-bond donors (Lipinski definition) is 2. The number of aliphatic hydroxyl groups excluding tert-OH is 1. The Hall–Kier alpha value is -0.570. The molecule has 2 aliphatic carbocycles. The first kappa shape index (κ1) is 54.6. The summed E-state index contributed by atoms with van der Waals surface area (Å²) < 4.78 is 0. The molecule has 350 valence electrons. The molecule has 0 bridgehead atoms. The minimum absolute atomic E-state index is 0.512. The lowest BCUT2D eigenvalue weighted by Gasteiger charge is -2.17. The van der Waals surface area contributed by atoms with E-state index in [0.29, 0.717) is 12.8 Å². The Kier molecular flexibility index (Phi) is 37.2. The summed E-state index contributed by atoms with van der Waals surface area (Å²) >= 11 is 0. The predicted molar refractivity (Wildman–Crippen MR) is 259 cm³/mol. The average molecular weight is 829 g/mol. The molecule has 0 amide bonds. The lowest BCUT2D eigenvalue weighted by Crippen LogP contribution is -2.27. The van der Waals surface area contributed by atoms with Gasteiger partial charge in [0.25, 0.3) is 0 Å². The van der Waals surface area contributed by atoms with E-state index in [0.717, 1.165) is 36.5 Å². The first-order valence-electron chi connectivity index (χ1n) is 28.0. The highest BCUT2D eigenvalue weighted by Crippen LogP contribution is 2.46. The molecular weight excluding hydrogens is 721 g/mol. The average Bonchev–Trinajstić information content (AvgIpc) is 4.16. The zero-order valence-corrected chi connectivity index (χ0v) is 40.5. The van der Waals surface area contributed by atoms with Crippen LogP contribution in [0.15, 0.2) is 0 Å². The van der Waals surface area contributed by atoms with Crippen molar-refractivity contribution in [1.29, 1.82) is 0 Å². The fourth-order valence-corrected chi connectivity index (χ4v) is 10.7. The van der Waals surface area contributed by atoms with Crippen LogP contribution in [0.2, 0.25) is 0 Å². The Balaban J connectivity index is 1.17. The molecule has 2 fully saturated rings. The minimum Gasteiger partial charge on any atom is -0.481 e. The maximum atomic E-state index is 11.2. The van der Waals surface area contributed by atoms with E-state index in [1.54, 1.807) is 19.3 Å². The van der Waals surface area contributed by atoms with E-state index in [1.165, 1.54) is 257 Å². The van der Waals surface area contributed by atoms with Gasteiger partial charge in [-0.25, -0.2) is 0 Å². The Morgan fingerprint density at radius 3 is 0.814 bits per heavy atom. The molecule has 0 aromatic carbocycles. The SMILES string of the molecule is CCCCCCCCCCCCCCCCCCCCC1C[C@H]1CCCCCCCCCCCCCCC1C[C@H]1CCCCCCCCCCC[C@@H](O)[C@@H](CC)C(=O)O. The maximum absolute atomic E-state index is 11.2. The molecule has 2 N–H and O–H groups in total. The molecule has 0 spiro atoms. The van der Waals surface area contributed by atoms with E-state index in [2.05, 4.69) is 6.92 Å². The van der Waals surface area contributed by atoms with E-state index in [9.17, 15) is 9.90 Å². The molecule has 3 nitrogen and oxygen atoms in total. The van der Waals surface area contributed by atoms with Crippen molar-refractivity contribution in [3.8, 4) is 0 Å². The van der Waals surface area contributed by atoms with Gasteiger partial charge in [0.05, 0.1) is 12.0 Å². The van der Waals surface area contributed by atoms with Crippen LogP contribution in [0.4, 0.5) is 0 Å². The molecule has 6 atom stereocenters. The summed E-state index contributed by atoms with van der Waals surface area (Å²) in [5.74, 6) is 2.92. The summed E-state index contributed by atoms with van der Waals surface area (Å²) in [6.07, 6.45) is 65.7. The van der Waals surface area contributed by atoms with Crippen LogP contribution < -0.4 is 0 Å². The van der Waals surface area contributed by atoms with E-state index >= 15 is 0 Å². The van der Waals surface area contributed by atoms with Gasteiger partial charge in [-0.3, -0.25) is 4.79 Å². The first-order valence-corrected chi connectivity index (χ1v) is 28.0. The molecule has 59 heavy (non-hydrogen) atoms. The van der Waals surface area contributed by atoms with Crippen molar-refractivity contribution < 1.29 is 15.0 Å². The van der Waals surface area contributed by atoms with Crippen molar-refractivity contribution in [3.63, 3.8) is 0 Å².